The average Bonchev–Trinajstić information content (AvgIpc) is 3.59. The summed E-state index contributed by atoms with van der Waals surface area (Å²) in [6.07, 6.45) is 7.32. The van der Waals surface area contributed by atoms with Crippen molar-refractivity contribution in [2.75, 3.05) is 13.4 Å². The van der Waals surface area contributed by atoms with Crippen LogP contribution in [0.3, 0.4) is 0 Å². The number of carbonyl (C=O) groups is 2. The van der Waals surface area contributed by atoms with E-state index in [1.54, 1.807) is 6.92 Å². The molecule has 4 aromatic carbocycles. The first-order valence-electron chi connectivity index (χ1n) is 19.1. The standard InChI is InChI=1S/C44H47NO9/c1-26(36-20-39-40(52-25-51-39)21-38(36)45(48)49)53-42(47)50-13-5-6-30-7-8-34(19-37(30)44-22-27-14-28(23-44)16-29(15-27)24-44)32-9-10-33-18-35(12-11-31(33)17-32)41(46)54-43(2,3)4/h7-12,17-21,26-29H,5-6,13-16,22-25H2,1-4H3. The lowest BCUT2D eigenvalue weighted by molar-refractivity contribution is -0.386. The number of aryl methyl sites for hydroxylation is 1. The normalized spacial score (nSPS) is 22.9. The molecule has 0 spiro atoms. The van der Waals surface area contributed by atoms with Crippen molar-refractivity contribution in [1.82, 2.24) is 0 Å². The summed E-state index contributed by atoms with van der Waals surface area (Å²) in [7, 11) is 0. The molecule has 0 amide bonds. The monoisotopic (exact) mass is 733 g/mol. The van der Waals surface area contributed by atoms with Gasteiger partial charge in [0.2, 0.25) is 6.79 Å². The molecule has 1 heterocycles. The van der Waals surface area contributed by atoms with Crippen LogP contribution in [-0.2, 0) is 26.0 Å². The highest BCUT2D eigenvalue weighted by Gasteiger charge is 2.52. The van der Waals surface area contributed by atoms with E-state index in [-0.39, 0.29) is 41.8 Å². The van der Waals surface area contributed by atoms with E-state index in [1.165, 1.54) is 67.3 Å². The molecule has 1 aliphatic heterocycles. The van der Waals surface area contributed by atoms with Crippen LogP contribution in [-0.4, -0.2) is 36.0 Å². The Morgan fingerprint density at radius 1 is 0.870 bits per heavy atom. The van der Waals surface area contributed by atoms with Gasteiger partial charge in [-0.25, -0.2) is 9.59 Å². The third kappa shape index (κ3) is 7.22. The molecule has 282 valence electrons. The number of rotatable bonds is 10. The lowest BCUT2D eigenvalue weighted by Crippen LogP contribution is -2.49. The molecule has 54 heavy (non-hydrogen) atoms. The van der Waals surface area contributed by atoms with Gasteiger partial charge in [-0.1, -0.05) is 36.4 Å². The van der Waals surface area contributed by atoms with Crippen LogP contribution in [0, 0.1) is 27.9 Å². The van der Waals surface area contributed by atoms with Crippen LogP contribution in [0.2, 0.25) is 0 Å². The molecule has 4 saturated carbocycles. The number of hydrogen-bond acceptors (Lipinski definition) is 9. The van der Waals surface area contributed by atoms with Crippen molar-refractivity contribution in [3.05, 3.63) is 99.1 Å². The lowest BCUT2D eigenvalue weighted by Gasteiger charge is -2.57. The minimum atomic E-state index is -0.926. The third-order valence-corrected chi connectivity index (χ3v) is 11.8. The molecule has 10 nitrogen and oxygen atoms in total. The van der Waals surface area contributed by atoms with E-state index in [2.05, 4.69) is 36.4 Å². The molecule has 4 aliphatic carbocycles. The number of esters is 1. The number of nitro groups is 1. The third-order valence-electron chi connectivity index (χ3n) is 11.8. The largest absolute Gasteiger partial charge is 0.508 e. The molecule has 0 radical (unpaired) electrons. The number of fused-ring (bicyclic) bond motifs is 2. The van der Waals surface area contributed by atoms with Crippen molar-refractivity contribution in [3.8, 4) is 22.6 Å². The second-order valence-corrected chi connectivity index (χ2v) is 16.8. The summed E-state index contributed by atoms with van der Waals surface area (Å²) in [6, 6.07) is 21.8. The van der Waals surface area contributed by atoms with Gasteiger partial charge in [-0.05, 0) is 160 Å². The van der Waals surface area contributed by atoms with Crippen LogP contribution < -0.4 is 9.47 Å². The maximum absolute atomic E-state index is 12.8. The van der Waals surface area contributed by atoms with Crippen LogP contribution >= 0.6 is 0 Å². The summed E-state index contributed by atoms with van der Waals surface area (Å²) in [5, 5.41) is 13.8. The molecule has 9 rings (SSSR count). The molecule has 1 unspecified atom stereocenters. The van der Waals surface area contributed by atoms with Gasteiger partial charge in [0.05, 0.1) is 28.7 Å². The molecular weight excluding hydrogens is 686 g/mol. The van der Waals surface area contributed by atoms with Gasteiger partial charge in [0.15, 0.2) is 11.5 Å². The Balaban J connectivity index is 0.986. The highest BCUT2D eigenvalue weighted by molar-refractivity contribution is 5.96. The fraction of sp³-hybridized carbons (Fsp3) is 0.455. The second kappa shape index (κ2) is 13.9. The zero-order chi connectivity index (χ0) is 37.8. The molecule has 0 saturated heterocycles. The van der Waals surface area contributed by atoms with Crippen molar-refractivity contribution >= 4 is 28.6 Å². The summed E-state index contributed by atoms with van der Waals surface area (Å²) in [5.74, 6) is 2.69. The quantitative estimate of drug-likeness (QED) is 0.0678. The number of nitrogens with zero attached hydrogens (tertiary/aromatic N) is 1. The first-order valence-corrected chi connectivity index (χ1v) is 19.1. The van der Waals surface area contributed by atoms with E-state index in [4.69, 9.17) is 23.7 Å². The number of ether oxygens (including phenoxy) is 5. The van der Waals surface area contributed by atoms with E-state index in [0.717, 1.165) is 40.5 Å². The van der Waals surface area contributed by atoms with Gasteiger partial charge in [0.25, 0.3) is 5.69 Å². The summed E-state index contributed by atoms with van der Waals surface area (Å²) >= 11 is 0. The number of carbonyl (C=O) groups excluding carboxylic acids is 2. The SMILES string of the molecule is CC(OC(=O)OCCCc1ccc(-c2ccc3cc(C(=O)OC(C)(C)C)ccc3c2)cc1C12CC3CC(CC(C3)C1)C2)c1cc2c(cc1[N+](=O)[O-])OCO2. The molecule has 4 bridgehead atoms. The maximum Gasteiger partial charge on any atom is 0.508 e. The first kappa shape index (κ1) is 35.9. The Morgan fingerprint density at radius 2 is 1.50 bits per heavy atom. The van der Waals surface area contributed by atoms with Crippen LogP contribution in [0.1, 0.15) is 106 Å². The van der Waals surface area contributed by atoms with Crippen molar-refractivity contribution in [1.29, 1.82) is 0 Å². The summed E-state index contributed by atoms with van der Waals surface area (Å²) in [4.78, 5) is 36.7. The molecule has 1 atom stereocenters. The summed E-state index contributed by atoms with van der Waals surface area (Å²) in [5.41, 5.74) is 5.18. The molecule has 0 N–H and O–H groups in total. The van der Waals surface area contributed by atoms with Gasteiger partial charge in [-0.15, -0.1) is 0 Å². The number of hydrogen-bond donors (Lipinski definition) is 0. The van der Waals surface area contributed by atoms with Crippen LogP contribution in [0.4, 0.5) is 10.5 Å². The summed E-state index contributed by atoms with van der Waals surface area (Å²) in [6.45, 7) is 7.32. The van der Waals surface area contributed by atoms with Crippen molar-refractivity contribution in [2.24, 2.45) is 17.8 Å². The van der Waals surface area contributed by atoms with Crippen LogP contribution in [0.15, 0.2) is 66.7 Å². The summed E-state index contributed by atoms with van der Waals surface area (Å²) < 4.78 is 27.2. The Hall–Kier alpha value is -5.12. The van der Waals surface area contributed by atoms with Crippen LogP contribution in [0.5, 0.6) is 11.5 Å². The van der Waals surface area contributed by atoms with E-state index >= 15 is 0 Å². The second-order valence-electron chi connectivity index (χ2n) is 16.8. The van der Waals surface area contributed by atoms with E-state index in [9.17, 15) is 19.7 Å². The fourth-order valence-electron chi connectivity index (χ4n) is 9.89. The van der Waals surface area contributed by atoms with Gasteiger partial charge in [-0.3, -0.25) is 10.1 Å². The Kier molecular flexibility index (Phi) is 9.26. The molecule has 0 aromatic heterocycles. The van der Waals surface area contributed by atoms with E-state index in [1.807, 2.05) is 39.0 Å². The van der Waals surface area contributed by atoms with Gasteiger partial charge in [-0.2, -0.15) is 0 Å². The molecule has 10 heteroatoms. The maximum atomic E-state index is 12.8. The minimum Gasteiger partial charge on any atom is -0.456 e. The highest BCUT2D eigenvalue weighted by Crippen LogP contribution is 2.61. The van der Waals surface area contributed by atoms with E-state index in [0.29, 0.717) is 17.7 Å². The molecular formula is C44H47NO9. The van der Waals surface area contributed by atoms with Crippen molar-refractivity contribution in [3.63, 3.8) is 0 Å². The Bertz CT molecular complexity index is 2100. The smallest absolute Gasteiger partial charge is 0.456 e. The number of nitro benzene ring substituents is 1. The molecule has 4 fully saturated rings. The van der Waals surface area contributed by atoms with Gasteiger partial charge < -0.3 is 23.7 Å². The molecule has 4 aromatic rings. The van der Waals surface area contributed by atoms with Crippen molar-refractivity contribution < 1.29 is 38.2 Å². The number of benzene rings is 4. The zero-order valence-corrected chi connectivity index (χ0v) is 31.4. The Morgan fingerprint density at radius 3 is 2.19 bits per heavy atom. The van der Waals surface area contributed by atoms with Crippen molar-refractivity contribution in [2.45, 2.75) is 96.2 Å². The van der Waals surface area contributed by atoms with Crippen LogP contribution in [0.25, 0.3) is 21.9 Å². The van der Waals surface area contributed by atoms with Gasteiger partial charge in [0.1, 0.15) is 11.7 Å². The predicted octanol–water partition coefficient (Wildman–Crippen LogP) is 10.4. The first-order chi connectivity index (χ1) is 25.8. The van der Waals surface area contributed by atoms with Gasteiger partial charge >= 0.3 is 12.1 Å². The predicted molar refractivity (Wildman–Crippen MR) is 203 cm³/mol. The topological polar surface area (TPSA) is 123 Å². The lowest BCUT2D eigenvalue weighted by atomic mass is 9.47. The highest BCUT2D eigenvalue weighted by atomic mass is 16.7. The Labute approximate surface area is 315 Å². The zero-order valence-electron chi connectivity index (χ0n) is 31.4. The minimum absolute atomic E-state index is 0.0244. The molecule has 5 aliphatic rings. The van der Waals surface area contributed by atoms with Gasteiger partial charge in [0, 0.05) is 0 Å². The average molecular weight is 734 g/mol. The fourth-order valence-corrected chi connectivity index (χ4v) is 9.89. The van der Waals surface area contributed by atoms with E-state index < -0.39 is 22.8 Å².